The van der Waals surface area contributed by atoms with Gasteiger partial charge in [0.1, 0.15) is 29.9 Å². The van der Waals surface area contributed by atoms with Crippen LogP contribution in [0.2, 0.25) is 0 Å². The monoisotopic (exact) mass is 529 g/mol. The number of benzene rings is 1. The molecule has 1 fully saturated rings. The van der Waals surface area contributed by atoms with Gasteiger partial charge in [-0.15, -0.1) is 0 Å². The molecule has 1 aromatic heterocycles. The molecule has 11 nitrogen and oxygen atoms in total. The Labute approximate surface area is 219 Å². The Morgan fingerprint density at radius 1 is 1.16 bits per heavy atom. The fourth-order valence-electron chi connectivity index (χ4n) is 4.16. The number of carbonyl (C=O) groups is 5. The van der Waals surface area contributed by atoms with Crippen molar-refractivity contribution in [1.29, 1.82) is 0 Å². The van der Waals surface area contributed by atoms with E-state index in [0.717, 1.165) is 0 Å². The highest BCUT2D eigenvalue weighted by Crippen LogP contribution is 2.16. The predicted octanol–water partition coefficient (Wildman–Crippen LogP) is 0.814. The van der Waals surface area contributed by atoms with E-state index >= 15 is 0 Å². The molecule has 2 aromatic rings. The molecule has 4 amide bonds. The number of nitrogens with zero attached hydrogens (tertiary/aromatic N) is 1. The van der Waals surface area contributed by atoms with Gasteiger partial charge in [0.05, 0.1) is 6.04 Å². The van der Waals surface area contributed by atoms with Crippen LogP contribution in [0.4, 0.5) is 4.39 Å². The summed E-state index contributed by atoms with van der Waals surface area (Å²) >= 11 is 0. The van der Waals surface area contributed by atoms with Gasteiger partial charge < -0.3 is 30.6 Å². The Morgan fingerprint density at radius 2 is 1.87 bits per heavy atom. The second-order valence-electron chi connectivity index (χ2n) is 9.67. The third kappa shape index (κ3) is 7.70. The fraction of sp³-hybridized carbons (Fsp3) is 0.462. The number of rotatable bonds is 12. The molecule has 3 rings (SSSR count). The highest BCUT2D eigenvalue weighted by atomic mass is 19.1. The minimum Gasteiger partial charge on any atom is -0.361 e. The maximum Gasteiger partial charge on any atom is 0.274 e. The molecular formula is C26H32FN5O6. The van der Waals surface area contributed by atoms with E-state index in [1.165, 1.54) is 30.3 Å². The van der Waals surface area contributed by atoms with Crippen LogP contribution in [-0.4, -0.2) is 59.7 Å². The summed E-state index contributed by atoms with van der Waals surface area (Å²) in [4.78, 5) is 62.7. The molecule has 204 valence electrons. The summed E-state index contributed by atoms with van der Waals surface area (Å²) in [6.45, 7) is 5.58. The highest BCUT2D eigenvalue weighted by molar-refractivity contribution is 5.97. The third-order valence-corrected chi connectivity index (χ3v) is 6.28. The summed E-state index contributed by atoms with van der Waals surface area (Å²) in [5.74, 6) is -2.88. The van der Waals surface area contributed by atoms with E-state index in [2.05, 4.69) is 26.4 Å². The van der Waals surface area contributed by atoms with Crippen molar-refractivity contribution < 1.29 is 32.9 Å². The van der Waals surface area contributed by atoms with Crippen LogP contribution in [0.15, 0.2) is 34.9 Å². The quantitative estimate of drug-likeness (QED) is 0.296. The predicted molar refractivity (Wildman–Crippen MR) is 133 cm³/mol. The molecule has 1 aromatic carbocycles. The van der Waals surface area contributed by atoms with Gasteiger partial charge >= 0.3 is 0 Å². The van der Waals surface area contributed by atoms with Crippen LogP contribution in [0.3, 0.4) is 0 Å². The van der Waals surface area contributed by atoms with E-state index < -0.39 is 47.6 Å². The summed E-state index contributed by atoms with van der Waals surface area (Å²) in [6.07, 6.45) is 1.22. The molecule has 1 aliphatic rings. The first-order chi connectivity index (χ1) is 18.1. The van der Waals surface area contributed by atoms with Crippen molar-refractivity contribution in [3.05, 3.63) is 53.2 Å². The van der Waals surface area contributed by atoms with Crippen molar-refractivity contribution in [3.8, 4) is 0 Å². The molecule has 0 spiro atoms. The molecule has 1 aliphatic heterocycles. The van der Waals surface area contributed by atoms with Crippen LogP contribution in [0, 0.1) is 24.6 Å². The number of halogens is 1. The van der Waals surface area contributed by atoms with Crippen molar-refractivity contribution in [3.63, 3.8) is 0 Å². The van der Waals surface area contributed by atoms with Gasteiger partial charge in [-0.3, -0.25) is 19.2 Å². The van der Waals surface area contributed by atoms with Gasteiger partial charge in [0, 0.05) is 24.9 Å². The first-order valence-electron chi connectivity index (χ1n) is 12.4. The SMILES string of the molecule is Cc1cc(C(=O)N[C@H](C(=O)N[C@@H](Cc2ccc(F)cc2)C(=O)N[C@H](C=O)C[C@@H]2CCNC2=O)C(C)C)no1. The number of hydrogen-bond acceptors (Lipinski definition) is 7. The summed E-state index contributed by atoms with van der Waals surface area (Å²) < 4.78 is 18.3. The van der Waals surface area contributed by atoms with Gasteiger partial charge in [-0.2, -0.15) is 0 Å². The number of carbonyl (C=O) groups excluding carboxylic acids is 5. The van der Waals surface area contributed by atoms with Crippen LogP contribution in [-0.2, 0) is 25.6 Å². The second kappa shape index (κ2) is 12.9. The average molecular weight is 530 g/mol. The molecule has 2 heterocycles. The summed E-state index contributed by atoms with van der Waals surface area (Å²) in [5.41, 5.74) is 0.569. The molecular weight excluding hydrogens is 497 g/mol. The van der Waals surface area contributed by atoms with Crippen molar-refractivity contribution in [2.45, 2.75) is 58.2 Å². The number of hydrogen-bond donors (Lipinski definition) is 4. The average Bonchev–Trinajstić information content (AvgIpc) is 3.50. The smallest absolute Gasteiger partial charge is 0.274 e. The third-order valence-electron chi connectivity index (χ3n) is 6.28. The summed E-state index contributed by atoms with van der Waals surface area (Å²) in [7, 11) is 0. The van der Waals surface area contributed by atoms with Crippen LogP contribution >= 0.6 is 0 Å². The van der Waals surface area contributed by atoms with E-state index in [4.69, 9.17) is 4.52 Å². The van der Waals surface area contributed by atoms with Gasteiger partial charge in [0.2, 0.25) is 17.7 Å². The van der Waals surface area contributed by atoms with Gasteiger partial charge in [0.15, 0.2) is 5.69 Å². The molecule has 4 atom stereocenters. The van der Waals surface area contributed by atoms with Gasteiger partial charge in [-0.1, -0.05) is 31.1 Å². The summed E-state index contributed by atoms with van der Waals surface area (Å²) in [6, 6.07) is 3.74. The van der Waals surface area contributed by atoms with Crippen molar-refractivity contribution in [2.75, 3.05) is 6.54 Å². The Hall–Kier alpha value is -4.09. The van der Waals surface area contributed by atoms with E-state index in [1.54, 1.807) is 20.8 Å². The number of amides is 4. The highest BCUT2D eigenvalue weighted by Gasteiger charge is 2.32. The number of aromatic nitrogens is 1. The molecule has 0 aliphatic carbocycles. The van der Waals surface area contributed by atoms with Crippen LogP contribution in [0.5, 0.6) is 0 Å². The van der Waals surface area contributed by atoms with Gasteiger partial charge in [0.25, 0.3) is 5.91 Å². The fourth-order valence-corrected chi connectivity index (χ4v) is 4.16. The first kappa shape index (κ1) is 28.5. The molecule has 4 N–H and O–H groups in total. The number of nitrogens with one attached hydrogen (secondary N) is 4. The molecule has 0 radical (unpaired) electrons. The van der Waals surface area contributed by atoms with Crippen LogP contribution in [0.25, 0.3) is 0 Å². The van der Waals surface area contributed by atoms with Gasteiger partial charge in [-0.25, -0.2) is 4.39 Å². The molecule has 0 unspecified atom stereocenters. The zero-order valence-electron chi connectivity index (χ0n) is 21.5. The lowest BCUT2D eigenvalue weighted by atomic mass is 9.98. The topological polar surface area (TPSA) is 160 Å². The Morgan fingerprint density at radius 3 is 2.42 bits per heavy atom. The Balaban J connectivity index is 1.75. The largest absolute Gasteiger partial charge is 0.361 e. The standard InChI is InChI=1S/C26H32FN5O6/c1-14(2)22(31-25(36)21-10-15(3)38-32-21)26(37)30-20(11-16-4-6-18(27)7-5-16)24(35)29-19(13-33)12-17-8-9-28-23(17)34/h4-7,10,13-14,17,19-20,22H,8-9,11-12H2,1-3H3,(H,28,34)(H,29,35)(H,30,37)(H,31,36)/t17-,19-,20-,22-/m0/s1. The normalized spacial score (nSPS) is 17.3. The van der Waals surface area contributed by atoms with E-state index in [9.17, 15) is 28.4 Å². The lowest BCUT2D eigenvalue weighted by Crippen LogP contribution is -2.57. The number of aryl methyl sites for hydroxylation is 1. The minimum absolute atomic E-state index is 0.00537. The maximum absolute atomic E-state index is 13.4. The lowest BCUT2D eigenvalue weighted by molar-refractivity contribution is -0.131. The zero-order chi connectivity index (χ0) is 27.8. The van der Waals surface area contributed by atoms with Crippen molar-refractivity contribution in [1.82, 2.24) is 26.4 Å². The first-order valence-corrected chi connectivity index (χ1v) is 12.4. The van der Waals surface area contributed by atoms with E-state index in [-0.39, 0.29) is 30.4 Å². The Kier molecular flexibility index (Phi) is 9.69. The van der Waals surface area contributed by atoms with Gasteiger partial charge in [-0.05, 0) is 43.4 Å². The number of aldehydes is 1. The van der Waals surface area contributed by atoms with Crippen LogP contribution < -0.4 is 21.3 Å². The van der Waals surface area contributed by atoms with E-state index in [1.807, 2.05) is 0 Å². The Bertz CT molecular complexity index is 1170. The summed E-state index contributed by atoms with van der Waals surface area (Å²) in [5, 5.41) is 14.2. The second-order valence-corrected chi connectivity index (χ2v) is 9.67. The van der Waals surface area contributed by atoms with Crippen molar-refractivity contribution >= 4 is 29.9 Å². The minimum atomic E-state index is -1.15. The molecule has 12 heteroatoms. The maximum atomic E-state index is 13.4. The van der Waals surface area contributed by atoms with E-state index in [0.29, 0.717) is 30.6 Å². The van der Waals surface area contributed by atoms with Crippen LogP contribution in [0.1, 0.15) is 48.5 Å². The molecule has 0 saturated carbocycles. The molecule has 1 saturated heterocycles. The molecule has 0 bridgehead atoms. The lowest BCUT2D eigenvalue weighted by Gasteiger charge is -2.26. The zero-order valence-corrected chi connectivity index (χ0v) is 21.5. The van der Waals surface area contributed by atoms with Crippen molar-refractivity contribution in [2.24, 2.45) is 11.8 Å². The molecule has 38 heavy (non-hydrogen) atoms.